The fourth-order valence-corrected chi connectivity index (χ4v) is 8.05. The van der Waals surface area contributed by atoms with Crippen LogP contribution in [0.3, 0.4) is 0 Å². The van der Waals surface area contributed by atoms with Gasteiger partial charge >= 0.3 is 0 Å². The molecular weight excluding hydrogens is 621 g/mol. The van der Waals surface area contributed by atoms with Crippen LogP contribution in [0.15, 0.2) is 158 Å². The molecule has 0 saturated heterocycles. The molecule has 1 aliphatic heterocycles. The van der Waals surface area contributed by atoms with Crippen LogP contribution >= 0.6 is 0 Å². The van der Waals surface area contributed by atoms with E-state index in [0.717, 1.165) is 61.4 Å². The van der Waals surface area contributed by atoms with Crippen LogP contribution in [0.25, 0.3) is 28.0 Å². The zero-order chi connectivity index (χ0) is 34.0. The van der Waals surface area contributed by atoms with Crippen molar-refractivity contribution in [2.45, 2.75) is 24.9 Å². The van der Waals surface area contributed by atoms with E-state index in [2.05, 4.69) is 91.6 Å². The minimum absolute atomic E-state index is 0.273. The molecule has 4 heteroatoms. The van der Waals surface area contributed by atoms with E-state index in [1.807, 2.05) is 66.7 Å². The molecule has 0 fully saturated rings. The molecule has 2 aliphatic rings. The highest BCUT2D eigenvalue weighted by atomic mass is 19.1. The minimum Gasteiger partial charge on any atom is -0.472 e. The molecule has 9 rings (SSSR count). The molecule has 0 amide bonds. The van der Waals surface area contributed by atoms with Crippen molar-refractivity contribution < 1.29 is 13.5 Å². The Morgan fingerprint density at radius 2 is 1.12 bits per heavy atom. The lowest BCUT2D eigenvalue weighted by molar-refractivity contribution is 0.163. The van der Waals surface area contributed by atoms with Crippen molar-refractivity contribution in [1.82, 2.24) is 0 Å². The minimum atomic E-state index is -1.01. The molecule has 1 heterocycles. The van der Waals surface area contributed by atoms with Crippen LogP contribution in [0, 0.1) is 11.6 Å². The molecule has 0 aromatic heterocycles. The average Bonchev–Trinajstić information content (AvgIpc) is 3.39. The number of anilines is 3. The molecule has 0 bridgehead atoms. The lowest BCUT2D eigenvalue weighted by Gasteiger charge is -2.38. The van der Waals surface area contributed by atoms with E-state index < -0.39 is 11.0 Å². The van der Waals surface area contributed by atoms with Crippen molar-refractivity contribution in [3.05, 3.63) is 197 Å². The summed E-state index contributed by atoms with van der Waals surface area (Å²) < 4.78 is 37.2. The lowest BCUT2D eigenvalue weighted by atomic mass is 9.77. The summed E-state index contributed by atoms with van der Waals surface area (Å²) in [5.74, 6) is 0.00137. The number of ether oxygens (including phenoxy) is 1. The fraction of sp³-hybridized carbons (Fsp3) is 0.0870. The SMILES string of the molecule is CC1(C)c2cc(F)ccc2-c2c1c1c(c3cc(F)ccc23)OC(c2ccccc2)(c2ccc(N(c3ccccc3)c3ccccc3)cc2)C=C1. The predicted molar refractivity (Wildman–Crippen MR) is 199 cm³/mol. The van der Waals surface area contributed by atoms with Gasteiger partial charge in [0.2, 0.25) is 0 Å². The first-order valence-electron chi connectivity index (χ1n) is 16.9. The predicted octanol–water partition coefficient (Wildman–Crippen LogP) is 12.2. The highest BCUT2D eigenvalue weighted by Gasteiger charge is 2.44. The largest absolute Gasteiger partial charge is 0.472 e. The van der Waals surface area contributed by atoms with E-state index in [1.54, 1.807) is 12.1 Å². The summed E-state index contributed by atoms with van der Waals surface area (Å²) in [6, 6.07) is 49.2. The van der Waals surface area contributed by atoms with Crippen LogP contribution in [0.2, 0.25) is 0 Å². The Kier molecular flexibility index (Phi) is 6.79. The molecule has 242 valence electrons. The first kappa shape index (κ1) is 30.1. The van der Waals surface area contributed by atoms with Crippen molar-refractivity contribution in [3.8, 4) is 16.9 Å². The number of benzene rings is 7. The van der Waals surface area contributed by atoms with Gasteiger partial charge in [-0.2, -0.15) is 0 Å². The zero-order valence-corrected chi connectivity index (χ0v) is 27.7. The molecular formula is C46H33F2NO. The third-order valence-corrected chi connectivity index (χ3v) is 10.3. The quantitative estimate of drug-likeness (QED) is 0.183. The summed E-state index contributed by atoms with van der Waals surface area (Å²) in [5, 5.41) is 1.57. The second-order valence-electron chi connectivity index (χ2n) is 13.6. The molecule has 7 aromatic rings. The van der Waals surface area contributed by atoms with Crippen molar-refractivity contribution >= 4 is 33.9 Å². The summed E-state index contributed by atoms with van der Waals surface area (Å²) in [7, 11) is 0. The lowest BCUT2D eigenvalue weighted by Crippen LogP contribution is -2.35. The van der Waals surface area contributed by atoms with E-state index in [-0.39, 0.29) is 11.6 Å². The molecule has 1 atom stereocenters. The van der Waals surface area contributed by atoms with Gasteiger partial charge in [0.05, 0.1) is 0 Å². The standard InChI is InChI=1S/C46H33F2NO/c1-45(2)41-29-33(48)21-25-38(41)42-37-24-20-32(47)28-40(37)44-39(43(42)45)26-27-46(50-44,30-12-6-3-7-13-30)31-18-22-36(23-19-31)49(34-14-8-4-9-15-34)35-16-10-5-11-17-35/h3-29H,1-2H3. The first-order valence-corrected chi connectivity index (χ1v) is 16.9. The number of hydrogen-bond donors (Lipinski definition) is 0. The molecule has 7 aromatic carbocycles. The van der Waals surface area contributed by atoms with Gasteiger partial charge in [-0.1, -0.05) is 111 Å². The van der Waals surface area contributed by atoms with Gasteiger partial charge in [0.1, 0.15) is 17.4 Å². The van der Waals surface area contributed by atoms with Crippen LogP contribution in [-0.2, 0) is 11.0 Å². The summed E-state index contributed by atoms with van der Waals surface area (Å²) in [6.07, 6.45) is 4.25. The van der Waals surface area contributed by atoms with Crippen LogP contribution in [0.5, 0.6) is 5.75 Å². The van der Waals surface area contributed by atoms with Crippen molar-refractivity contribution in [3.63, 3.8) is 0 Å². The number of fused-ring (bicyclic) bond motifs is 8. The molecule has 50 heavy (non-hydrogen) atoms. The van der Waals surface area contributed by atoms with Crippen LogP contribution in [0.4, 0.5) is 25.8 Å². The molecule has 1 aliphatic carbocycles. The van der Waals surface area contributed by atoms with E-state index in [9.17, 15) is 4.39 Å². The molecule has 0 spiro atoms. The molecule has 2 nitrogen and oxygen atoms in total. The fourth-order valence-electron chi connectivity index (χ4n) is 8.05. The number of rotatable bonds is 5. The Hall–Kier alpha value is -6.00. The number of nitrogens with zero attached hydrogens (tertiary/aromatic N) is 1. The normalized spacial score (nSPS) is 16.7. The van der Waals surface area contributed by atoms with Gasteiger partial charge in [-0.25, -0.2) is 8.78 Å². The Balaban J connectivity index is 1.25. The highest BCUT2D eigenvalue weighted by molar-refractivity contribution is 6.08. The Morgan fingerprint density at radius 3 is 1.78 bits per heavy atom. The Bertz CT molecular complexity index is 2400. The second-order valence-corrected chi connectivity index (χ2v) is 13.6. The van der Waals surface area contributed by atoms with Gasteiger partial charge in [-0.3, -0.25) is 0 Å². The highest BCUT2D eigenvalue weighted by Crippen LogP contribution is 2.58. The maximum Gasteiger partial charge on any atom is 0.178 e. The first-order chi connectivity index (χ1) is 24.3. The number of para-hydroxylation sites is 2. The average molecular weight is 654 g/mol. The van der Waals surface area contributed by atoms with Gasteiger partial charge in [0.15, 0.2) is 5.60 Å². The van der Waals surface area contributed by atoms with E-state index in [4.69, 9.17) is 4.74 Å². The van der Waals surface area contributed by atoms with Crippen LogP contribution in [0.1, 0.15) is 41.7 Å². The molecule has 0 radical (unpaired) electrons. The second kappa shape index (κ2) is 11.3. The third-order valence-electron chi connectivity index (χ3n) is 10.3. The van der Waals surface area contributed by atoms with Gasteiger partial charge in [0, 0.05) is 44.6 Å². The van der Waals surface area contributed by atoms with Crippen LogP contribution in [-0.4, -0.2) is 0 Å². The summed E-state index contributed by atoms with van der Waals surface area (Å²) in [4.78, 5) is 2.23. The summed E-state index contributed by atoms with van der Waals surface area (Å²) in [6.45, 7) is 4.26. The smallest absolute Gasteiger partial charge is 0.178 e. The molecule has 0 saturated carbocycles. The van der Waals surface area contributed by atoms with Gasteiger partial charge in [-0.05, 0) is 94.4 Å². The summed E-state index contributed by atoms with van der Waals surface area (Å²) in [5.41, 5.74) is 8.31. The molecule has 1 unspecified atom stereocenters. The third kappa shape index (κ3) is 4.52. The maximum absolute atomic E-state index is 15.2. The Morgan fingerprint density at radius 1 is 0.560 bits per heavy atom. The Labute approximate surface area is 290 Å². The topological polar surface area (TPSA) is 12.5 Å². The van der Waals surface area contributed by atoms with E-state index >= 15 is 4.39 Å². The van der Waals surface area contributed by atoms with Crippen molar-refractivity contribution in [2.75, 3.05) is 4.90 Å². The zero-order valence-electron chi connectivity index (χ0n) is 27.7. The number of halogens is 2. The van der Waals surface area contributed by atoms with Crippen LogP contribution < -0.4 is 9.64 Å². The van der Waals surface area contributed by atoms with Crippen molar-refractivity contribution in [2.24, 2.45) is 0 Å². The van der Waals surface area contributed by atoms with Gasteiger partial charge in [0.25, 0.3) is 0 Å². The van der Waals surface area contributed by atoms with Crippen molar-refractivity contribution in [1.29, 1.82) is 0 Å². The maximum atomic E-state index is 15.2. The van der Waals surface area contributed by atoms with Gasteiger partial charge in [-0.15, -0.1) is 0 Å². The van der Waals surface area contributed by atoms with E-state index in [0.29, 0.717) is 11.1 Å². The monoisotopic (exact) mass is 653 g/mol. The summed E-state index contributed by atoms with van der Waals surface area (Å²) >= 11 is 0. The number of hydrogen-bond acceptors (Lipinski definition) is 2. The van der Waals surface area contributed by atoms with Gasteiger partial charge < -0.3 is 9.64 Å². The van der Waals surface area contributed by atoms with E-state index in [1.165, 1.54) is 12.1 Å². The molecule has 0 N–H and O–H groups in total.